The standard InChI is InChI=1S/C16H18N6O2S/c1-5-24-15-11(6-17-16(21-15)25-4)14(23)20-12-8-22-7-9(2)18-13(22)10(3)19-12/h6-8H,5H2,1-4H3,(H,20,23). The van der Waals surface area contributed by atoms with Crippen LogP contribution >= 0.6 is 11.8 Å². The molecule has 0 aliphatic heterocycles. The van der Waals surface area contributed by atoms with Crippen molar-refractivity contribution < 1.29 is 9.53 Å². The summed E-state index contributed by atoms with van der Waals surface area (Å²) in [5.74, 6) is 0.304. The third-order valence-electron chi connectivity index (χ3n) is 3.41. The number of thioether (sulfide) groups is 1. The number of aryl methyl sites for hydroxylation is 2. The normalized spacial score (nSPS) is 10.9. The maximum absolute atomic E-state index is 12.6. The van der Waals surface area contributed by atoms with Crippen LogP contribution in [0.25, 0.3) is 5.65 Å². The number of hydrogen-bond donors (Lipinski definition) is 1. The molecule has 130 valence electrons. The van der Waals surface area contributed by atoms with E-state index in [2.05, 4.69) is 25.3 Å². The maximum atomic E-state index is 12.6. The Labute approximate surface area is 149 Å². The van der Waals surface area contributed by atoms with Gasteiger partial charge in [-0.1, -0.05) is 11.8 Å². The number of imidazole rings is 1. The number of nitrogens with zero attached hydrogens (tertiary/aromatic N) is 5. The number of anilines is 1. The van der Waals surface area contributed by atoms with Gasteiger partial charge >= 0.3 is 0 Å². The highest BCUT2D eigenvalue weighted by Gasteiger charge is 2.17. The van der Waals surface area contributed by atoms with Gasteiger partial charge < -0.3 is 14.5 Å². The summed E-state index contributed by atoms with van der Waals surface area (Å²) in [7, 11) is 0. The summed E-state index contributed by atoms with van der Waals surface area (Å²) in [6, 6.07) is 0. The Kier molecular flexibility index (Phi) is 4.84. The van der Waals surface area contributed by atoms with Crippen molar-refractivity contribution in [2.75, 3.05) is 18.2 Å². The minimum absolute atomic E-state index is 0.260. The fraction of sp³-hybridized carbons (Fsp3) is 0.312. The molecular weight excluding hydrogens is 340 g/mol. The summed E-state index contributed by atoms with van der Waals surface area (Å²) in [4.78, 5) is 29.8. The molecule has 25 heavy (non-hydrogen) atoms. The summed E-state index contributed by atoms with van der Waals surface area (Å²) < 4.78 is 7.31. The first-order valence-electron chi connectivity index (χ1n) is 7.70. The van der Waals surface area contributed by atoms with E-state index in [1.807, 2.05) is 37.6 Å². The molecule has 0 bridgehead atoms. The van der Waals surface area contributed by atoms with Crippen LogP contribution in [0, 0.1) is 13.8 Å². The van der Waals surface area contributed by atoms with E-state index in [4.69, 9.17) is 4.74 Å². The molecular formula is C16H18N6O2S. The Morgan fingerprint density at radius 3 is 2.80 bits per heavy atom. The number of nitrogens with one attached hydrogen (secondary N) is 1. The van der Waals surface area contributed by atoms with Crippen LogP contribution in [0.2, 0.25) is 0 Å². The average molecular weight is 358 g/mol. The molecule has 0 aliphatic carbocycles. The molecule has 0 unspecified atom stereocenters. The number of aromatic nitrogens is 5. The second kappa shape index (κ2) is 7.06. The van der Waals surface area contributed by atoms with Crippen LogP contribution in [0.1, 0.15) is 28.7 Å². The van der Waals surface area contributed by atoms with Gasteiger partial charge in [-0.15, -0.1) is 0 Å². The van der Waals surface area contributed by atoms with Crippen LogP contribution in [0.4, 0.5) is 5.82 Å². The van der Waals surface area contributed by atoms with Crippen molar-refractivity contribution in [3.63, 3.8) is 0 Å². The van der Waals surface area contributed by atoms with Gasteiger partial charge in [0.2, 0.25) is 5.88 Å². The van der Waals surface area contributed by atoms with Gasteiger partial charge in [0.25, 0.3) is 5.91 Å². The molecule has 3 aromatic heterocycles. The lowest BCUT2D eigenvalue weighted by Crippen LogP contribution is -2.17. The minimum Gasteiger partial charge on any atom is -0.477 e. The minimum atomic E-state index is -0.376. The van der Waals surface area contributed by atoms with Crippen molar-refractivity contribution in [2.24, 2.45) is 0 Å². The van der Waals surface area contributed by atoms with Crippen molar-refractivity contribution in [3.05, 3.63) is 35.5 Å². The Bertz CT molecular complexity index is 940. The van der Waals surface area contributed by atoms with Crippen LogP contribution in [-0.4, -0.2) is 43.1 Å². The predicted octanol–water partition coefficient (Wildman–Crippen LogP) is 2.51. The highest BCUT2D eigenvalue weighted by atomic mass is 32.2. The van der Waals surface area contributed by atoms with Crippen molar-refractivity contribution in [3.8, 4) is 5.88 Å². The van der Waals surface area contributed by atoms with Gasteiger partial charge in [0.1, 0.15) is 11.4 Å². The number of rotatable bonds is 5. The Balaban J connectivity index is 1.92. The van der Waals surface area contributed by atoms with E-state index in [0.29, 0.717) is 17.6 Å². The first kappa shape index (κ1) is 17.2. The number of hydrogen-bond acceptors (Lipinski definition) is 7. The van der Waals surface area contributed by atoms with E-state index in [0.717, 1.165) is 17.0 Å². The highest BCUT2D eigenvalue weighted by molar-refractivity contribution is 7.98. The van der Waals surface area contributed by atoms with Crippen molar-refractivity contribution in [2.45, 2.75) is 25.9 Å². The second-order valence-electron chi connectivity index (χ2n) is 5.29. The molecule has 9 heteroatoms. The van der Waals surface area contributed by atoms with Crippen LogP contribution in [0.15, 0.2) is 23.7 Å². The molecule has 3 rings (SSSR count). The molecule has 0 aromatic carbocycles. The van der Waals surface area contributed by atoms with Crippen molar-refractivity contribution >= 4 is 29.1 Å². The second-order valence-corrected chi connectivity index (χ2v) is 6.06. The summed E-state index contributed by atoms with van der Waals surface area (Å²) in [5, 5.41) is 3.32. The van der Waals surface area contributed by atoms with Crippen molar-refractivity contribution in [1.82, 2.24) is 24.3 Å². The molecule has 0 saturated heterocycles. The zero-order chi connectivity index (χ0) is 18.0. The zero-order valence-corrected chi connectivity index (χ0v) is 15.2. The monoisotopic (exact) mass is 358 g/mol. The average Bonchev–Trinajstić information content (AvgIpc) is 2.96. The van der Waals surface area contributed by atoms with Crippen molar-refractivity contribution in [1.29, 1.82) is 0 Å². The predicted molar refractivity (Wildman–Crippen MR) is 95.4 cm³/mol. The van der Waals surface area contributed by atoms with Gasteiger partial charge in [0.05, 0.1) is 24.2 Å². The third-order valence-corrected chi connectivity index (χ3v) is 3.97. The van der Waals surface area contributed by atoms with Crippen LogP contribution < -0.4 is 10.1 Å². The van der Waals surface area contributed by atoms with Gasteiger partial charge in [-0.05, 0) is 27.0 Å². The number of carbonyl (C=O) groups is 1. The van der Waals surface area contributed by atoms with Crippen LogP contribution in [-0.2, 0) is 0 Å². The first-order chi connectivity index (χ1) is 12.0. The molecule has 3 heterocycles. The molecule has 0 aliphatic rings. The lowest BCUT2D eigenvalue weighted by molar-refractivity contribution is 0.102. The Hall–Kier alpha value is -2.68. The van der Waals surface area contributed by atoms with Gasteiger partial charge in [-0.3, -0.25) is 4.79 Å². The zero-order valence-electron chi connectivity index (χ0n) is 14.4. The number of fused-ring (bicyclic) bond motifs is 1. The Morgan fingerprint density at radius 2 is 2.08 bits per heavy atom. The van der Waals surface area contributed by atoms with E-state index in [1.54, 1.807) is 6.20 Å². The van der Waals surface area contributed by atoms with Crippen LogP contribution in [0.3, 0.4) is 0 Å². The molecule has 0 saturated carbocycles. The Morgan fingerprint density at radius 1 is 1.28 bits per heavy atom. The fourth-order valence-electron chi connectivity index (χ4n) is 2.37. The third kappa shape index (κ3) is 3.55. The first-order valence-corrected chi connectivity index (χ1v) is 8.92. The van der Waals surface area contributed by atoms with E-state index >= 15 is 0 Å². The highest BCUT2D eigenvalue weighted by Crippen LogP contribution is 2.20. The van der Waals surface area contributed by atoms with Gasteiger partial charge in [-0.2, -0.15) is 4.98 Å². The number of carbonyl (C=O) groups excluding carboxylic acids is 1. The quantitative estimate of drug-likeness (QED) is 0.553. The lowest BCUT2D eigenvalue weighted by Gasteiger charge is -2.10. The maximum Gasteiger partial charge on any atom is 0.263 e. The van der Waals surface area contributed by atoms with Gasteiger partial charge in [0, 0.05) is 12.4 Å². The topological polar surface area (TPSA) is 94.3 Å². The van der Waals surface area contributed by atoms with E-state index < -0.39 is 0 Å². The lowest BCUT2D eigenvalue weighted by atomic mass is 10.3. The molecule has 0 spiro atoms. The van der Waals surface area contributed by atoms with Gasteiger partial charge in [-0.25, -0.2) is 15.0 Å². The molecule has 1 N–H and O–H groups in total. The summed E-state index contributed by atoms with van der Waals surface area (Å²) >= 11 is 1.38. The number of amides is 1. The largest absolute Gasteiger partial charge is 0.477 e. The molecule has 8 nitrogen and oxygen atoms in total. The number of ether oxygens (including phenoxy) is 1. The molecule has 0 fully saturated rings. The fourth-order valence-corrected chi connectivity index (χ4v) is 2.70. The van der Waals surface area contributed by atoms with Crippen LogP contribution in [0.5, 0.6) is 5.88 Å². The molecule has 3 aromatic rings. The summed E-state index contributed by atoms with van der Waals surface area (Å²) in [6.07, 6.45) is 6.92. The summed E-state index contributed by atoms with van der Waals surface area (Å²) in [6.45, 7) is 5.99. The van der Waals surface area contributed by atoms with E-state index in [1.165, 1.54) is 18.0 Å². The van der Waals surface area contributed by atoms with Gasteiger partial charge in [0.15, 0.2) is 10.8 Å². The SMILES string of the molecule is CCOc1nc(SC)ncc1C(=O)Nc1cn2cc(C)nc2c(C)n1. The van der Waals surface area contributed by atoms with E-state index in [-0.39, 0.29) is 17.4 Å². The molecule has 0 radical (unpaired) electrons. The summed E-state index contributed by atoms with van der Waals surface area (Å²) in [5.41, 5.74) is 2.64. The molecule has 1 amide bonds. The van der Waals surface area contributed by atoms with E-state index in [9.17, 15) is 4.79 Å². The smallest absolute Gasteiger partial charge is 0.263 e. The molecule has 0 atom stereocenters.